The maximum absolute atomic E-state index is 13.9. The number of aliphatic carboxylic acids is 1. The van der Waals surface area contributed by atoms with Crippen molar-refractivity contribution >= 4 is 106 Å². The average Bonchev–Trinajstić information content (AvgIpc) is 3.37. The summed E-state index contributed by atoms with van der Waals surface area (Å²) in [6.45, 7) is 5.10. The molecule has 440 valence electrons. The lowest BCUT2D eigenvalue weighted by Crippen LogP contribution is -2.61. The Balaban J connectivity index is 6.12. The van der Waals surface area contributed by atoms with Crippen molar-refractivity contribution in [1.82, 2.24) is 53.2 Å². The number of carbonyl (C=O) groups excluding carboxylic acids is 11. The monoisotopic (exact) mass is 1150 g/mol. The topological polar surface area (TPSA) is 470 Å². The van der Waals surface area contributed by atoms with Crippen LogP contribution in [0, 0.1) is 0 Å². The highest BCUT2D eigenvalue weighted by atomic mass is 32.2. The number of primary amides is 1. The molecule has 0 fully saturated rings. The maximum Gasteiger partial charge on any atom is 0.325 e. The lowest BCUT2D eigenvalue weighted by molar-refractivity contribution is -0.141. The van der Waals surface area contributed by atoms with Crippen molar-refractivity contribution in [1.29, 1.82) is 0 Å². The van der Waals surface area contributed by atoms with E-state index in [1.807, 2.05) is 0 Å². The number of hydrogen-bond acceptors (Lipinski definition) is 19. The molecular formula is C46H84N14O14S3. The van der Waals surface area contributed by atoms with E-state index < -0.39 is 150 Å². The summed E-state index contributed by atoms with van der Waals surface area (Å²) in [5.74, 6) is -9.58. The number of carboxylic acids is 1. The minimum atomic E-state index is -1.69. The molecule has 0 saturated carbocycles. The van der Waals surface area contributed by atoms with Gasteiger partial charge in [0.15, 0.2) is 0 Å². The number of thioether (sulfide) groups is 3. The van der Waals surface area contributed by atoms with Crippen molar-refractivity contribution in [2.24, 2.45) is 22.9 Å². The summed E-state index contributed by atoms with van der Waals surface area (Å²) in [4.78, 5) is 157. The molecule has 0 radical (unpaired) electrons. The summed E-state index contributed by atoms with van der Waals surface area (Å²) in [5.41, 5.74) is 22.5. The molecule has 31 heteroatoms. The Hall–Kier alpha value is -5.47. The van der Waals surface area contributed by atoms with Crippen LogP contribution in [-0.2, 0) is 57.5 Å². The highest BCUT2D eigenvalue weighted by Gasteiger charge is 2.35. The number of hydrogen-bond donors (Lipinski definition) is 16. The largest absolute Gasteiger partial charge is 0.480 e. The van der Waals surface area contributed by atoms with E-state index >= 15 is 0 Å². The molecule has 0 rings (SSSR count). The van der Waals surface area contributed by atoms with E-state index in [0.717, 1.165) is 0 Å². The van der Waals surface area contributed by atoms with Gasteiger partial charge in [0, 0.05) is 0 Å². The molecule has 0 heterocycles. The van der Waals surface area contributed by atoms with Gasteiger partial charge in [0.25, 0.3) is 0 Å². The van der Waals surface area contributed by atoms with E-state index in [-0.39, 0.29) is 38.6 Å². The zero-order valence-electron chi connectivity index (χ0n) is 45.0. The summed E-state index contributed by atoms with van der Waals surface area (Å²) >= 11 is 4.06. The molecule has 28 nitrogen and oxygen atoms in total. The summed E-state index contributed by atoms with van der Waals surface area (Å²) in [6.07, 6.45) is 5.41. The Morgan fingerprint density at radius 1 is 0.455 bits per heavy atom. The molecule has 20 N–H and O–H groups in total. The summed E-state index contributed by atoms with van der Waals surface area (Å²) in [7, 11) is 0. The predicted octanol–water partition coefficient (Wildman–Crippen LogP) is -5.29. The van der Waals surface area contributed by atoms with Gasteiger partial charge in [0.2, 0.25) is 65.0 Å². The minimum absolute atomic E-state index is 0.00594. The number of unbranched alkanes of at least 4 members (excludes halogenated alkanes) is 2. The summed E-state index contributed by atoms with van der Waals surface area (Å²) < 4.78 is 0. The predicted molar refractivity (Wildman–Crippen MR) is 293 cm³/mol. The van der Waals surface area contributed by atoms with Crippen molar-refractivity contribution in [3.8, 4) is 0 Å². The fraction of sp³-hybridized carbons (Fsp3) is 0.739. The number of nitrogens with two attached hydrogens (primary N) is 4. The fourth-order valence-electron chi connectivity index (χ4n) is 6.79. The molecule has 0 aromatic heterocycles. The van der Waals surface area contributed by atoms with Gasteiger partial charge in [0.05, 0.1) is 25.1 Å². The Morgan fingerprint density at radius 2 is 0.844 bits per heavy atom. The van der Waals surface area contributed by atoms with E-state index in [1.165, 1.54) is 63.0 Å². The third-order valence-corrected chi connectivity index (χ3v) is 13.3. The summed E-state index contributed by atoms with van der Waals surface area (Å²) in [6, 6.07) is -13.0. The first-order chi connectivity index (χ1) is 36.3. The van der Waals surface area contributed by atoms with Gasteiger partial charge >= 0.3 is 5.97 Å². The SMILES string of the molecule is CSCC[C@H](NC(=O)CNC(=O)[C@H](CCCCN)NC(=O)[C@H](CCSC)NC(=O)[C@H](CC(N)=O)NC(=O)[C@@H](NC(=O)[C@@H](N)CCCCN)[C@@H](C)O)C(=O)N[C@@H](C)C(=O)N[C@@H](CCSC)C(=O)N[C@@H](C)C(=O)N[C@@H](C)C(=O)O. The second-order valence-electron chi connectivity index (χ2n) is 18.0. The van der Waals surface area contributed by atoms with Crippen molar-refractivity contribution in [2.45, 2.75) is 158 Å². The van der Waals surface area contributed by atoms with E-state index in [1.54, 1.807) is 18.8 Å². The quantitative estimate of drug-likeness (QED) is 0.0254. The van der Waals surface area contributed by atoms with Crippen molar-refractivity contribution in [3.63, 3.8) is 0 Å². The Morgan fingerprint density at radius 3 is 1.29 bits per heavy atom. The number of carbonyl (C=O) groups is 12. The smallest absolute Gasteiger partial charge is 0.325 e. The van der Waals surface area contributed by atoms with Gasteiger partial charge in [-0.3, -0.25) is 57.5 Å². The van der Waals surface area contributed by atoms with Crippen molar-refractivity contribution < 1.29 is 67.7 Å². The Labute approximate surface area is 462 Å². The Bertz CT molecular complexity index is 1960. The van der Waals surface area contributed by atoms with E-state index in [9.17, 15) is 62.6 Å². The molecule has 0 aliphatic carbocycles. The number of rotatable bonds is 41. The van der Waals surface area contributed by atoms with E-state index in [4.69, 9.17) is 28.0 Å². The van der Waals surface area contributed by atoms with Crippen molar-refractivity contribution in [3.05, 3.63) is 0 Å². The van der Waals surface area contributed by atoms with Crippen LogP contribution in [0.2, 0.25) is 0 Å². The molecule has 0 bridgehead atoms. The van der Waals surface area contributed by atoms with Gasteiger partial charge in [-0.25, -0.2) is 0 Å². The van der Waals surface area contributed by atoms with Crippen LogP contribution in [0.5, 0.6) is 0 Å². The van der Waals surface area contributed by atoms with Crippen LogP contribution in [0.25, 0.3) is 0 Å². The molecular weight excluding hydrogens is 1070 g/mol. The first kappa shape index (κ1) is 71.5. The second kappa shape index (κ2) is 39.8. The van der Waals surface area contributed by atoms with Crippen LogP contribution < -0.4 is 76.1 Å². The maximum atomic E-state index is 13.9. The highest BCUT2D eigenvalue weighted by Crippen LogP contribution is 2.09. The highest BCUT2D eigenvalue weighted by molar-refractivity contribution is 7.98. The standard InChI is InChI=1S/C46H84N14O14S3/c1-24(37(64)54-26(3)46(73)74)52-42(69)31(15-20-76-6)56-38(65)25(2)53-41(68)30(14-19-75-5)55-35(63)23-51-40(67)29(13-9-11-18-48)57-43(70)32(16-21-77-7)58-44(71)33(22-34(50)62)59-45(72)36(27(4)61)60-39(66)28(49)12-8-10-17-47/h24-33,36,61H,8-23,47-49H2,1-7H3,(H2,50,62)(H,51,67)(H,52,69)(H,53,68)(H,54,64)(H,55,63)(H,56,65)(H,57,70)(H,58,71)(H,59,72)(H,60,66)(H,73,74)/t24-,25-,26-,27+,28-,29-,30-,31-,32-,33-,36-/m0/s1. The van der Waals surface area contributed by atoms with Gasteiger partial charge in [-0.15, -0.1) is 0 Å². The molecule has 0 spiro atoms. The van der Waals surface area contributed by atoms with Gasteiger partial charge in [0.1, 0.15) is 54.4 Å². The molecule has 0 saturated heterocycles. The van der Waals surface area contributed by atoms with Crippen molar-refractivity contribution in [2.75, 3.05) is 55.7 Å². The first-order valence-corrected chi connectivity index (χ1v) is 29.3. The van der Waals surface area contributed by atoms with E-state index in [0.29, 0.717) is 49.5 Å². The van der Waals surface area contributed by atoms with Gasteiger partial charge in [-0.2, -0.15) is 35.3 Å². The number of carboxylic acid groups (broad SMARTS) is 1. The van der Waals surface area contributed by atoms with Crippen LogP contribution in [0.1, 0.15) is 91.9 Å². The number of aliphatic hydroxyl groups excluding tert-OH is 1. The normalized spacial score (nSPS) is 15.3. The molecule has 11 amide bonds. The lowest BCUT2D eigenvalue weighted by atomic mass is 10.1. The van der Waals surface area contributed by atoms with Crippen LogP contribution >= 0.6 is 35.3 Å². The van der Waals surface area contributed by atoms with Gasteiger partial charge in [-0.1, -0.05) is 6.42 Å². The zero-order chi connectivity index (χ0) is 58.8. The number of nitrogens with one attached hydrogen (secondary N) is 10. The molecule has 11 atom stereocenters. The van der Waals surface area contributed by atoms with Crippen LogP contribution in [0.15, 0.2) is 0 Å². The molecule has 0 aliphatic rings. The third kappa shape index (κ3) is 29.7. The minimum Gasteiger partial charge on any atom is -0.480 e. The molecule has 0 aliphatic heterocycles. The summed E-state index contributed by atoms with van der Waals surface area (Å²) in [5, 5.41) is 44.0. The van der Waals surface area contributed by atoms with E-state index in [2.05, 4.69) is 53.2 Å². The number of aliphatic hydroxyl groups is 1. The average molecular weight is 1150 g/mol. The molecule has 0 unspecified atom stereocenters. The van der Waals surface area contributed by atoms with Crippen LogP contribution in [0.3, 0.4) is 0 Å². The second-order valence-corrected chi connectivity index (χ2v) is 21.0. The Kier molecular flexibility index (Phi) is 37.0. The number of amides is 11. The zero-order valence-corrected chi connectivity index (χ0v) is 47.4. The molecule has 0 aromatic carbocycles. The lowest BCUT2D eigenvalue weighted by Gasteiger charge is -2.27. The first-order valence-electron chi connectivity index (χ1n) is 25.1. The molecule has 77 heavy (non-hydrogen) atoms. The fourth-order valence-corrected chi connectivity index (χ4v) is 8.20. The molecule has 0 aromatic rings. The van der Waals surface area contributed by atoms with Crippen LogP contribution in [0.4, 0.5) is 0 Å². The van der Waals surface area contributed by atoms with Crippen LogP contribution in [-0.4, -0.2) is 203 Å². The van der Waals surface area contributed by atoms with Gasteiger partial charge < -0.3 is 86.3 Å². The third-order valence-electron chi connectivity index (χ3n) is 11.4. The van der Waals surface area contributed by atoms with Gasteiger partial charge in [-0.05, 0) is 128 Å².